The summed E-state index contributed by atoms with van der Waals surface area (Å²) >= 11 is 0. The van der Waals surface area contributed by atoms with Gasteiger partial charge in [-0.05, 0) is 62.9 Å². The second-order valence-corrected chi connectivity index (χ2v) is 8.59. The van der Waals surface area contributed by atoms with Crippen LogP contribution in [0.25, 0.3) is 0 Å². The molecule has 0 saturated carbocycles. The van der Waals surface area contributed by atoms with E-state index in [-0.39, 0.29) is 24.3 Å². The molecule has 0 aliphatic carbocycles. The molecule has 3 rings (SSSR count). The Balaban J connectivity index is 1.36. The Morgan fingerprint density at radius 1 is 0.969 bits per heavy atom. The maximum absolute atomic E-state index is 12.6. The lowest BCUT2D eigenvalue weighted by Crippen LogP contribution is -2.50. The van der Waals surface area contributed by atoms with Gasteiger partial charge in [-0.25, -0.2) is 0 Å². The average molecular weight is 448 g/mol. The van der Waals surface area contributed by atoms with E-state index >= 15 is 0 Å². The van der Waals surface area contributed by atoms with E-state index in [0.29, 0.717) is 24.1 Å². The molecule has 2 amide bonds. The van der Waals surface area contributed by atoms with Crippen molar-refractivity contribution in [3.8, 4) is 11.5 Å². The summed E-state index contributed by atoms with van der Waals surface area (Å²) < 4.78 is 15.6. The predicted octanol–water partition coefficient (Wildman–Crippen LogP) is 1.71. The maximum atomic E-state index is 12.6. The van der Waals surface area contributed by atoms with Crippen molar-refractivity contribution in [3.05, 3.63) is 23.8 Å². The van der Waals surface area contributed by atoms with E-state index in [1.165, 1.54) is 0 Å². The van der Waals surface area contributed by atoms with Crippen LogP contribution in [0.15, 0.2) is 18.2 Å². The molecule has 1 aromatic rings. The predicted molar refractivity (Wildman–Crippen MR) is 122 cm³/mol. The van der Waals surface area contributed by atoms with Crippen molar-refractivity contribution in [2.75, 3.05) is 60.7 Å². The van der Waals surface area contributed by atoms with Gasteiger partial charge in [0.1, 0.15) is 6.61 Å². The van der Waals surface area contributed by atoms with E-state index in [4.69, 9.17) is 14.2 Å². The summed E-state index contributed by atoms with van der Waals surface area (Å²) in [6.45, 7) is 4.27. The van der Waals surface area contributed by atoms with E-state index in [1.807, 2.05) is 23.1 Å². The fourth-order valence-electron chi connectivity index (χ4n) is 4.73. The van der Waals surface area contributed by atoms with Crippen LogP contribution in [0.3, 0.4) is 0 Å². The highest BCUT2D eigenvalue weighted by Crippen LogP contribution is 2.28. The van der Waals surface area contributed by atoms with Gasteiger partial charge in [0.25, 0.3) is 0 Å². The molecule has 178 valence electrons. The molecule has 0 unspecified atom stereocenters. The topological polar surface area (TPSA) is 80.3 Å². The van der Waals surface area contributed by atoms with Gasteiger partial charge < -0.3 is 29.3 Å². The number of carbonyl (C=O) groups excluding carboxylic acids is 2. The molecule has 2 aliphatic heterocycles. The molecule has 1 aromatic carbocycles. The zero-order valence-electron chi connectivity index (χ0n) is 19.6. The molecule has 8 nitrogen and oxygen atoms in total. The van der Waals surface area contributed by atoms with Crippen LogP contribution in [0.2, 0.25) is 0 Å². The van der Waals surface area contributed by atoms with Crippen LogP contribution in [0.5, 0.6) is 11.5 Å². The Bertz CT molecular complexity index is 756. The Labute approximate surface area is 191 Å². The van der Waals surface area contributed by atoms with Crippen LogP contribution in [0.1, 0.15) is 31.2 Å². The van der Waals surface area contributed by atoms with Gasteiger partial charge in [0.2, 0.25) is 11.8 Å². The summed E-state index contributed by atoms with van der Waals surface area (Å²) in [6, 6.07) is 6.36. The molecule has 8 heteroatoms. The van der Waals surface area contributed by atoms with Crippen LogP contribution < -0.4 is 14.8 Å². The number of amides is 2. The smallest absolute Gasteiger partial charge is 0.248 e. The number of methoxy groups -OCH3 is 3. The van der Waals surface area contributed by atoms with Crippen molar-refractivity contribution in [1.29, 1.82) is 0 Å². The highest BCUT2D eigenvalue weighted by molar-refractivity contribution is 5.78. The molecule has 0 spiro atoms. The summed E-state index contributed by atoms with van der Waals surface area (Å²) in [5.41, 5.74) is 1.10. The van der Waals surface area contributed by atoms with Crippen LogP contribution in [-0.4, -0.2) is 88.3 Å². The molecule has 2 saturated heterocycles. The number of nitrogens with one attached hydrogen (secondary N) is 1. The van der Waals surface area contributed by atoms with Gasteiger partial charge in [-0.3, -0.25) is 9.59 Å². The summed E-state index contributed by atoms with van der Waals surface area (Å²) in [6.07, 6.45) is 4.54. The van der Waals surface area contributed by atoms with Crippen LogP contribution in [-0.2, 0) is 20.7 Å². The Hall–Kier alpha value is -2.32. The maximum Gasteiger partial charge on any atom is 0.248 e. The minimum Gasteiger partial charge on any atom is -0.493 e. The minimum absolute atomic E-state index is 0.0782. The average Bonchev–Trinajstić information content (AvgIpc) is 2.84. The fourth-order valence-corrected chi connectivity index (χ4v) is 4.73. The van der Waals surface area contributed by atoms with Crippen LogP contribution in [0, 0.1) is 5.92 Å². The lowest BCUT2D eigenvalue weighted by molar-refractivity contribution is -0.137. The Kier molecular flexibility index (Phi) is 9.17. The molecule has 0 aromatic heterocycles. The second kappa shape index (κ2) is 12.1. The lowest BCUT2D eigenvalue weighted by Gasteiger charge is -2.41. The first-order chi connectivity index (χ1) is 15.5. The third kappa shape index (κ3) is 6.36. The number of carbonyl (C=O) groups is 2. The normalized spacial score (nSPS) is 18.4. The number of hydrogen-bond acceptors (Lipinski definition) is 6. The molecule has 2 heterocycles. The number of benzene rings is 1. The van der Waals surface area contributed by atoms with E-state index < -0.39 is 0 Å². The van der Waals surface area contributed by atoms with Gasteiger partial charge in [-0.2, -0.15) is 0 Å². The Morgan fingerprint density at radius 3 is 2.28 bits per heavy atom. The van der Waals surface area contributed by atoms with Gasteiger partial charge in [0.15, 0.2) is 11.5 Å². The number of nitrogens with zero attached hydrogens (tertiary/aromatic N) is 2. The molecule has 32 heavy (non-hydrogen) atoms. The molecule has 1 N–H and O–H groups in total. The molecule has 0 bridgehead atoms. The lowest BCUT2D eigenvalue weighted by atomic mass is 9.92. The number of ether oxygens (including phenoxy) is 3. The van der Waals surface area contributed by atoms with Crippen molar-refractivity contribution >= 4 is 11.8 Å². The third-order valence-electron chi connectivity index (χ3n) is 6.66. The quantitative estimate of drug-likeness (QED) is 0.621. The zero-order valence-corrected chi connectivity index (χ0v) is 19.6. The summed E-state index contributed by atoms with van der Waals surface area (Å²) in [7, 11) is 4.80. The van der Waals surface area contributed by atoms with E-state index in [1.54, 1.807) is 21.3 Å². The van der Waals surface area contributed by atoms with E-state index in [0.717, 1.165) is 63.8 Å². The number of likely N-dealkylation sites (tertiary alicyclic amines) is 2. The standard InChI is InChI=1S/C24H37N3O5/c1-30-17-23(28)27-14-9-20(10-15-27)26-12-7-19(8-13-26)24(29)25-11-6-18-4-5-21(31-2)22(16-18)32-3/h4-5,16,19-20H,6-15,17H2,1-3H3,(H,25,29). The van der Waals surface area contributed by atoms with Crippen molar-refractivity contribution < 1.29 is 23.8 Å². The molecule has 0 atom stereocenters. The fraction of sp³-hybridized carbons (Fsp3) is 0.667. The van der Waals surface area contributed by atoms with Crippen molar-refractivity contribution in [2.24, 2.45) is 5.92 Å². The molecule has 2 aliphatic rings. The van der Waals surface area contributed by atoms with Gasteiger partial charge in [0, 0.05) is 38.7 Å². The van der Waals surface area contributed by atoms with Crippen LogP contribution >= 0.6 is 0 Å². The number of piperidine rings is 2. The summed E-state index contributed by atoms with van der Waals surface area (Å²) in [5.74, 6) is 1.73. The number of rotatable bonds is 9. The molecular formula is C24H37N3O5. The number of hydrogen-bond donors (Lipinski definition) is 1. The first kappa shape index (κ1) is 24.3. The highest BCUT2D eigenvalue weighted by atomic mass is 16.5. The first-order valence-corrected chi connectivity index (χ1v) is 11.5. The van der Waals surface area contributed by atoms with Crippen molar-refractivity contribution in [3.63, 3.8) is 0 Å². The summed E-state index contributed by atoms with van der Waals surface area (Å²) in [4.78, 5) is 29.0. The van der Waals surface area contributed by atoms with Gasteiger partial charge in [-0.15, -0.1) is 0 Å². The first-order valence-electron chi connectivity index (χ1n) is 11.5. The van der Waals surface area contributed by atoms with Gasteiger partial charge >= 0.3 is 0 Å². The van der Waals surface area contributed by atoms with Crippen molar-refractivity contribution in [1.82, 2.24) is 15.1 Å². The van der Waals surface area contributed by atoms with Gasteiger partial charge in [-0.1, -0.05) is 6.07 Å². The zero-order chi connectivity index (χ0) is 22.9. The third-order valence-corrected chi connectivity index (χ3v) is 6.66. The molecular weight excluding hydrogens is 410 g/mol. The SMILES string of the molecule is COCC(=O)N1CCC(N2CCC(C(=O)NCCc3ccc(OC)c(OC)c3)CC2)CC1. The van der Waals surface area contributed by atoms with E-state index in [9.17, 15) is 9.59 Å². The second-order valence-electron chi connectivity index (χ2n) is 8.59. The van der Waals surface area contributed by atoms with Crippen LogP contribution in [0.4, 0.5) is 0 Å². The summed E-state index contributed by atoms with van der Waals surface area (Å²) in [5, 5.41) is 3.11. The Morgan fingerprint density at radius 2 is 1.66 bits per heavy atom. The highest BCUT2D eigenvalue weighted by Gasteiger charge is 2.31. The molecule has 2 fully saturated rings. The minimum atomic E-state index is 0.0782. The van der Waals surface area contributed by atoms with E-state index in [2.05, 4.69) is 10.2 Å². The van der Waals surface area contributed by atoms with Gasteiger partial charge in [0.05, 0.1) is 14.2 Å². The largest absolute Gasteiger partial charge is 0.493 e. The molecule has 0 radical (unpaired) electrons. The monoisotopic (exact) mass is 447 g/mol. The van der Waals surface area contributed by atoms with Crippen molar-refractivity contribution in [2.45, 2.75) is 38.1 Å².